The third kappa shape index (κ3) is 1.80. The summed E-state index contributed by atoms with van der Waals surface area (Å²) in [4.78, 5) is 13.0. The molecule has 0 unspecified atom stereocenters. The van der Waals surface area contributed by atoms with Crippen LogP contribution in [0.1, 0.15) is 11.1 Å². The van der Waals surface area contributed by atoms with E-state index in [0.29, 0.717) is 54.5 Å². The molecule has 0 heterocycles. The van der Waals surface area contributed by atoms with E-state index in [0.717, 1.165) is 0 Å². The summed E-state index contributed by atoms with van der Waals surface area (Å²) < 4.78 is 13.0. The molecule has 8 rings (SSSR count). The SMILES string of the molecule is O=C1[C@H]2[C@H]3[C@H]4[C@@H](OCc5ccccc5)[C@@H]2[C@H]2[C@H]1[C@@H]3[C@H](OCc1ccccc1)[C@@H]42. The van der Waals surface area contributed by atoms with E-state index in [-0.39, 0.29) is 24.0 Å². The van der Waals surface area contributed by atoms with E-state index in [1.54, 1.807) is 0 Å². The summed E-state index contributed by atoms with van der Waals surface area (Å²) in [5, 5.41) is 0. The third-order valence-electron chi connectivity index (χ3n) is 8.63. The molecular weight excluding hydrogens is 348 g/mol. The van der Waals surface area contributed by atoms with Crippen LogP contribution in [0.2, 0.25) is 0 Å². The van der Waals surface area contributed by atoms with Crippen molar-refractivity contribution < 1.29 is 14.3 Å². The normalized spacial score (nSPS) is 45.8. The Labute approximate surface area is 165 Å². The first-order chi connectivity index (χ1) is 13.8. The van der Waals surface area contributed by atoms with Gasteiger partial charge in [-0.05, 0) is 46.6 Å². The van der Waals surface area contributed by atoms with Crippen LogP contribution in [0.3, 0.4) is 0 Å². The van der Waals surface area contributed by atoms with Crippen LogP contribution in [0, 0.1) is 47.3 Å². The Morgan fingerprint density at radius 1 is 0.571 bits per heavy atom. The van der Waals surface area contributed by atoms with E-state index in [1.807, 2.05) is 12.1 Å². The number of rotatable bonds is 6. The molecule has 6 bridgehead atoms. The highest BCUT2D eigenvalue weighted by Gasteiger charge is 2.87. The Bertz CT molecular complexity index is 850. The Morgan fingerprint density at radius 2 is 1.00 bits per heavy atom. The van der Waals surface area contributed by atoms with E-state index >= 15 is 0 Å². The van der Waals surface area contributed by atoms with Crippen molar-refractivity contribution in [3.63, 3.8) is 0 Å². The first-order valence-electron chi connectivity index (χ1n) is 10.7. The second-order valence-electron chi connectivity index (χ2n) is 9.44. The summed E-state index contributed by atoms with van der Waals surface area (Å²) in [6.45, 7) is 1.33. The van der Waals surface area contributed by atoms with Crippen molar-refractivity contribution in [3.8, 4) is 0 Å². The van der Waals surface area contributed by atoms with Crippen molar-refractivity contribution >= 4 is 5.78 Å². The van der Waals surface area contributed by atoms with Crippen LogP contribution in [-0.4, -0.2) is 18.0 Å². The van der Waals surface area contributed by atoms with E-state index in [2.05, 4.69) is 48.5 Å². The highest BCUT2D eigenvalue weighted by molar-refractivity contribution is 5.92. The number of ketones is 1. The van der Waals surface area contributed by atoms with Crippen LogP contribution in [0.4, 0.5) is 0 Å². The molecular formula is C25H24O3. The minimum Gasteiger partial charge on any atom is -0.373 e. The average molecular weight is 372 g/mol. The summed E-state index contributed by atoms with van der Waals surface area (Å²) in [5.41, 5.74) is 2.45. The fraction of sp³-hybridized carbons (Fsp3) is 0.480. The second kappa shape index (κ2) is 5.55. The lowest BCUT2D eigenvalue weighted by Gasteiger charge is -2.30. The van der Waals surface area contributed by atoms with E-state index in [9.17, 15) is 4.79 Å². The summed E-state index contributed by atoms with van der Waals surface area (Å²) in [6.07, 6.45) is 0.518. The molecule has 10 atom stereocenters. The molecule has 0 aliphatic heterocycles. The Balaban J connectivity index is 1.14. The zero-order valence-corrected chi connectivity index (χ0v) is 15.7. The van der Waals surface area contributed by atoms with Crippen molar-refractivity contribution in [2.45, 2.75) is 25.4 Å². The first kappa shape index (κ1) is 15.9. The van der Waals surface area contributed by atoms with Gasteiger partial charge in [0, 0.05) is 11.8 Å². The van der Waals surface area contributed by atoms with Gasteiger partial charge < -0.3 is 9.47 Å². The molecule has 6 saturated carbocycles. The molecule has 3 nitrogen and oxygen atoms in total. The number of Topliss-reactive ketones (excluding diaryl/α,β-unsaturated/α-hetero) is 1. The van der Waals surface area contributed by atoms with Crippen molar-refractivity contribution in [1.82, 2.24) is 0 Å². The average Bonchev–Trinajstić information content (AvgIpc) is 3.48. The van der Waals surface area contributed by atoms with Gasteiger partial charge in [-0.15, -0.1) is 0 Å². The van der Waals surface area contributed by atoms with Gasteiger partial charge in [-0.2, -0.15) is 0 Å². The standard InChI is InChI=1S/C25H24O3/c26-23-17-16-20-18(23)15-19(17)24(27-11-13-7-3-1-4-8-13)21(16)22(15)25(20)28-12-14-9-5-2-6-10-14/h1-10,15-22,24-25H,11-12H2/t15-,16-,17+,18+,19-,20-,21-,22-,24+,25+/m1/s1. The molecule has 6 fully saturated rings. The molecule has 28 heavy (non-hydrogen) atoms. The lowest BCUT2D eigenvalue weighted by Crippen LogP contribution is -2.30. The van der Waals surface area contributed by atoms with E-state index in [4.69, 9.17) is 9.47 Å². The fourth-order valence-electron chi connectivity index (χ4n) is 8.17. The topological polar surface area (TPSA) is 35.5 Å². The smallest absolute Gasteiger partial charge is 0.140 e. The molecule has 142 valence electrons. The zero-order valence-electron chi connectivity index (χ0n) is 15.7. The van der Waals surface area contributed by atoms with E-state index < -0.39 is 0 Å². The highest BCUT2D eigenvalue weighted by atomic mass is 16.5. The van der Waals surface area contributed by atoms with Gasteiger partial charge in [0.1, 0.15) is 5.78 Å². The van der Waals surface area contributed by atoms with Crippen LogP contribution in [0.15, 0.2) is 60.7 Å². The molecule has 0 aromatic heterocycles. The lowest BCUT2D eigenvalue weighted by molar-refractivity contribution is -0.122. The van der Waals surface area contributed by atoms with Crippen molar-refractivity contribution in [1.29, 1.82) is 0 Å². The Hall–Kier alpha value is -1.97. The molecule has 2 aromatic rings. The van der Waals surface area contributed by atoms with Gasteiger partial charge in [-0.1, -0.05) is 60.7 Å². The van der Waals surface area contributed by atoms with Gasteiger partial charge in [-0.3, -0.25) is 4.79 Å². The minimum absolute atomic E-state index is 0.259. The van der Waals surface area contributed by atoms with Crippen LogP contribution >= 0.6 is 0 Å². The molecule has 6 aliphatic carbocycles. The van der Waals surface area contributed by atoms with Crippen LogP contribution in [0.25, 0.3) is 0 Å². The number of ether oxygens (including phenoxy) is 2. The molecule has 6 aliphatic rings. The zero-order chi connectivity index (χ0) is 18.4. The molecule has 0 saturated heterocycles. The molecule has 0 spiro atoms. The number of hydrogen-bond acceptors (Lipinski definition) is 3. The molecule has 0 radical (unpaired) electrons. The monoisotopic (exact) mass is 372 g/mol. The van der Waals surface area contributed by atoms with Crippen LogP contribution in [0.5, 0.6) is 0 Å². The van der Waals surface area contributed by atoms with Gasteiger partial charge in [0.05, 0.1) is 25.4 Å². The van der Waals surface area contributed by atoms with Gasteiger partial charge in [-0.25, -0.2) is 0 Å². The minimum atomic E-state index is 0.259. The summed E-state index contributed by atoms with van der Waals surface area (Å²) >= 11 is 0. The number of hydrogen-bond donors (Lipinski definition) is 0. The number of benzene rings is 2. The van der Waals surface area contributed by atoms with Gasteiger partial charge in [0.25, 0.3) is 0 Å². The predicted octanol–water partition coefficient (Wildman–Crippen LogP) is 3.72. The third-order valence-corrected chi connectivity index (χ3v) is 8.63. The van der Waals surface area contributed by atoms with E-state index in [1.165, 1.54) is 11.1 Å². The number of carbonyl (C=O) groups excluding carboxylic acids is 1. The van der Waals surface area contributed by atoms with Crippen LogP contribution < -0.4 is 0 Å². The summed E-state index contributed by atoms with van der Waals surface area (Å²) in [5.74, 6) is 4.15. The molecule has 0 amide bonds. The van der Waals surface area contributed by atoms with Crippen molar-refractivity contribution in [2.75, 3.05) is 0 Å². The van der Waals surface area contributed by atoms with Crippen molar-refractivity contribution in [2.24, 2.45) is 47.3 Å². The quantitative estimate of drug-likeness (QED) is 0.775. The summed E-state index contributed by atoms with van der Waals surface area (Å²) in [6, 6.07) is 20.9. The Kier molecular flexibility index (Phi) is 3.15. The van der Waals surface area contributed by atoms with Gasteiger partial charge in [0.15, 0.2) is 0 Å². The first-order valence-corrected chi connectivity index (χ1v) is 10.7. The molecule has 2 aromatic carbocycles. The summed E-state index contributed by atoms with van der Waals surface area (Å²) in [7, 11) is 0. The maximum Gasteiger partial charge on any atom is 0.140 e. The van der Waals surface area contributed by atoms with Gasteiger partial charge >= 0.3 is 0 Å². The van der Waals surface area contributed by atoms with Crippen molar-refractivity contribution in [3.05, 3.63) is 71.8 Å². The molecule has 0 N–H and O–H groups in total. The maximum absolute atomic E-state index is 13.0. The lowest BCUT2D eigenvalue weighted by atomic mass is 9.71. The van der Waals surface area contributed by atoms with Gasteiger partial charge in [0.2, 0.25) is 0 Å². The fourth-order valence-corrected chi connectivity index (χ4v) is 8.17. The van der Waals surface area contributed by atoms with Crippen LogP contribution in [-0.2, 0) is 27.5 Å². The Morgan fingerprint density at radius 3 is 1.43 bits per heavy atom. The molecule has 3 heteroatoms. The number of carbonyl (C=O) groups is 1. The highest BCUT2D eigenvalue weighted by Crippen LogP contribution is 2.82. The maximum atomic E-state index is 13.0. The predicted molar refractivity (Wildman–Crippen MR) is 103 cm³/mol. The largest absolute Gasteiger partial charge is 0.373 e. The second-order valence-corrected chi connectivity index (χ2v) is 9.44.